The minimum absolute atomic E-state index is 0.210. The molecule has 19 heavy (non-hydrogen) atoms. The van der Waals surface area contributed by atoms with Gasteiger partial charge in [-0.3, -0.25) is 9.69 Å². The summed E-state index contributed by atoms with van der Waals surface area (Å²) in [4.78, 5) is 19.7. The molecule has 0 aromatic rings. The van der Waals surface area contributed by atoms with Crippen molar-refractivity contribution in [3.8, 4) is 0 Å². The zero-order valence-electron chi connectivity index (χ0n) is 13.0. The van der Waals surface area contributed by atoms with Crippen molar-refractivity contribution in [3.05, 3.63) is 0 Å². The van der Waals surface area contributed by atoms with Crippen LogP contribution in [0.1, 0.15) is 40.0 Å². The molecule has 1 spiro atoms. The monoisotopic (exact) mass is 267 g/mol. The van der Waals surface area contributed by atoms with Crippen LogP contribution in [-0.2, 0) is 4.79 Å². The molecule has 4 heteroatoms. The summed E-state index contributed by atoms with van der Waals surface area (Å²) in [5.74, 6) is 0.368. The second kappa shape index (κ2) is 5.80. The zero-order chi connectivity index (χ0) is 14.0. The molecule has 2 fully saturated rings. The fourth-order valence-electron chi connectivity index (χ4n) is 3.53. The van der Waals surface area contributed by atoms with Crippen molar-refractivity contribution in [2.75, 3.05) is 39.8 Å². The van der Waals surface area contributed by atoms with Crippen LogP contribution >= 0.6 is 0 Å². The summed E-state index contributed by atoms with van der Waals surface area (Å²) in [5.41, 5.74) is -0.210. The van der Waals surface area contributed by atoms with E-state index >= 15 is 0 Å². The van der Waals surface area contributed by atoms with Gasteiger partial charge in [0.05, 0.1) is 0 Å². The number of nitrogens with zero attached hydrogens (tertiary/aromatic N) is 3. The SMILES string of the molecule is CC[C@@H](C)N1CCC2(CC1)C(=O)N(CC)CCN2C. The van der Waals surface area contributed by atoms with Crippen molar-refractivity contribution in [1.29, 1.82) is 0 Å². The van der Waals surface area contributed by atoms with Crippen LogP contribution in [0.5, 0.6) is 0 Å². The van der Waals surface area contributed by atoms with Crippen molar-refractivity contribution in [1.82, 2.24) is 14.7 Å². The number of rotatable bonds is 3. The van der Waals surface area contributed by atoms with Gasteiger partial charge in [0.1, 0.15) is 5.54 Å². The van der Waals surface area contributed by atoms with Crippen molar-refractivity contribution < 1.29 is 4.79 Å². The van der Waals surface area contributed by atoms with Gasteiger partial charge >= 0.3 is 0 Å². The van der Waals surface area contributed by atoms with E-state index in [-0.39, 0.29) is 5.54 Å². The van der Waals surface area contributed by atoms with Crippen LogP contribution in [-0.4, -0.2) is 72.0 Å². The third-order valence-corrected chi connectivity index (χ3v) is 5.34. The van der Waals surface area contributed by atoms with Gasteiger partial charge in [0.2, 0.25) is 5.91 Å². The predicted molar refractivity (Wildman–Crippen MR) is 78.2 cm³/mol. The second-order valence-corrected chi connectivity index (χ2v) is 6.13. The highest BCUT2D eigenvalue weighted by Gasteiger charge is 2.49. The zero-order valence-corrected chi connectivity index (χ0v) is 13.0. The minimum atomic E-state index is -0.210. The Morgan fingerprint density at radius 1 is 1.16 bits per heavy atom. The second-order valence-electron chi connectivity index (χ2n) is 6.13. The van der Waals surface area contributed by atoms with Gasteiger partial charge in [-0.05, 0) is 40.2 Å². The molecular formula is C15H29N3O. The van der Waals surface area contributed by atoms with E-state index in [0.717, 1.165) is 45.6 Å². The first kappa shape index (κ1) is 14.8. The molecule has 2 rings (SSSR count). The Morgan fingerprint density at radius 3 is 2.32 bits per heavy atom. The first-order valence-corrected chi connectivity index (χ1v) is 7.79. The molecule has 0 saturated carbocycles. The molecule has 0 aliphatic carbocycles. The van der Waals surface area contributed by atoms with E-state index in [1.165, 1.54) is 6.42 Å². The van der Waals surface area contributed by atoms with Crippen LogP contribution in [0.2, 0.25) is 0 Å². The number of likely N-dealkylation sites (N-methyl/N-ethyl adjacent to an activating group) is 2. The molecule has 0 N–H and O–H groups in total. The van der Waals surface area contributed by atoms with Crippen LogP contribution in [0.15, 0.2) is 0 Å². The Kier molecular flexibility index (Phi) is 4.51. The predicted octanol–water partition coefficient (Wildman–Crippen LogP) is 1.41. The number of hydrogen-bond acceptors (Lipinski definition) is 3. The lowest BCUT2D eigenvalue weighted by molar-refractivity contribution is -0.154. The van der Waals surface area contributed by atoms with Crippen molar-refractivity contribution in [2.45, 2.75) is 51.6 Å². The number of carbonyl (C=O) groups is 1. The van der Waals surface area contributed by atoms with E-state index in [9.17, 15) is 4.79 Å². The third kappa shape index (κ3) is 2.52. The maximum Gasteiger partial charge on any atom is 0.243 e. The number of hydrogen-bond donors (Lipinski definition) is 0. The Morgan fingerprint density at radius 2 is 1.79 bits per heavy atom. The van der Waals surface area contributed by atoms with Gasteiger partial charge in [0.25, 0.3) is 0 Å². The van der Waals surface area contributed by atoms with E-state index in [1.54, 1.807) is 0 Å². The number of piperidine rings is 1. The van der Waals surface area contributed by atoms with E-state index < -0.39 is 0 Å². The number of carbonyl (C=O) groups excluding carboxylic acids is 1. The molecule has 0 unspecified atom stereocenters. The van der Waals surface area contributed by atoms with E-state index in [2.05, 4.69) is 37.6 Å². The highest BCUT2D eigenvalue weighted by atomic mass is 16.2. The molecule has 0 bridgehead atoms. The highest BCUT2D eigenvalue weighted by molar-refractivity contribution is 5.87. The molecule has 1 amide bonds. The van der Waals surface area contributed by atoms with Crippen LogP contribution in [0.25, 0.3) is 0 Å². The summed E-state index contributed by atoms with van der Waals surface area (Å²) in [6, 6.07) is 0.642. The maximum atomic E-state index is 12.8. The normalized spacial score (nSPS) is 26.9. The average Bonchev–Trinajstić information content (AvgIpc) is 2.45. The van der Waals surface area contributed by atoms with Gasteiger partial charge < -0.3 is 9.80 Å². The Hall–Kier alpha value is -0.610. The average molecular weight is 267 g/mol. The first-order chi connectivity index (χ1) is 9.05. The molecule has 0 aromatic carbocycles. The van der Waals surface area contributed by atoms with Crippen LogP contribution < -0.4 is 0 Å². The molecule has 2 saturated heterocycles. The minimum Gasteiger partial charge on any atom is -0.340 e. The van der Waals surface area contributed by atoms with Gasteiger partial charge in [0.15, 0.2) is 0 Å². The maximum absolute atomic E-state index is 12.8. The molecule has 110 valence electrons. The van der Waals surface area contributed by atoms with Gasteiger partial charge in [-0.2, -0.15) is 0 Å². The molecule has 2 heterocycles. The van der Waals surface area contributed by atoms with E-state index in [4.69, 9.17) is 0 Å². The number of likely N-dealkylation sites (tertiary alicyclic amines) is 1. The van der Waals surface area contributed by atoms with Crippen molar-refractivity contribution in [3.63, 3.8) is 0 Å². The molecule has 0 aromatic heterocycles. The van der Waals surface area contributed by atoms with E-state index in [0.29, 0.717) is 11.9 Å². The lowest BCUT2D eigenvalue weighted by Crippen LogP contribution is -2.68. The van der Waals surface area contributed by atoms with E-state index in [1.807, 2.05) is 4.90 Å². The molecule has 2 aliphatic heterocycles. The fourth-order valence-corrected chi connectivity index (χ4v) is 3.53. The summed E-state index contributed by atoms with van der Waals surface area (Å²) in [5, 5.41) is 0. The van der Waals surface area contributed by atoms with Crippen LogP contribution in [0, 0.1) is 0 Å². The van der Waals surface area contributed by atoms with Gasteiger partial charge in [-0.15, -0.1) is 0 Å². The van der Waals surface area contributed by atoms with Gasteiger partial charge in [-0.1, -0.05) is 6.92 Å². The topological polar surface area (TPSA) is 26.8 Å². The van der Waals surface area contributed by atoms with Crippen LogP contribution in [0.4, 0.5) is 0 Å². The largest absolute Gasteiger partial charge is 0.340 e. The van der Waals surface area contributed by atoms with Gasteiger partial charge in [-0.25, -0.2) is 0 Å². The molecule has 1 atom stereocenters. The lowest BCUT2D eigenvalue weighted by Gasteiger charge is -2.52. The summed E-state index contributed by atoms with van der Waals surface area (Å²) in [7, 11) is 2.13. The highest BCUT2D eigenvalue weighted by Crippen LogP contribution is 2.33. The molecule has 4 nitrogen and oxygen atoms in total. The third-order valence-electron chi connectivity index (χ3n) is 5.34. The molecule has 0 radical (unpaired) electrons. The van der Waals surface area contributed by atoms with Crippen LogP contribution in [0.3, 0.4) is 0 Å². The first-order valence-electron chi connectivity index (χ1n) is 7.79. The quantitative estimate of drug-likeness (QED) is 0.773. The molecule has 2 aliphatic rings. The summed E-state index contributed by atoms with van der Waals surface area (Å²) >= 11 is 0. The Balaban J connectivity index is 2.08. The van der Waals surface area contributed by atoms with Crippen molar-refractivity contribution >= 4 is 5.91 Å². The fraction of sp³-hybridized carbons (Fsp3) is 0.933. The smallest absolute Gasteiger partial charge is 0.243 e. The standard InChI is InChI=1S/C15H29N3O/c1-5-13(3)18-9-7-15(8-10-18)14(19)17(6-2)12-11-16(15)4/h13H,5-12H2,1-4H3/t13-/m1/s1. The Bertz CT molecular complexity index is 323. The lowest BCUT2D eigenvalue weighted by atomic mass is 9.82. The number of amides is 1. The van der Waals surface area contributed by atoms with Gasteiger partial charge in [0, 0.05) is 38.8 Å². The number of piperazine rings is 1. The summed E-state index contributed by atoms with van der Waals surface area (Å²) in [6.45, 7) is 11.5. The molecular weight excluding hydrogens is 238 g/mol. The Labute approximate surface area is 117 Å². The van der Waals surface area contributed by atoms with Crippen molar-refractivity contribution in [2.24, 2.45) is 0 Å². The summed E-state index contributed by atoms with van der Waals surface area (Å²) in [6.07, 6.45) is 3.17. The summed E-state index contributed by atoms with van der Waals surface area (Å²) < 4.78 is 0.